The van der Waals surface area contributed by atoms with Gasteiger partial charge in [-0.3, -0.25) is 0 Å². The highest BCUT2D eigenvalue weighted by molar-refractivity contribution is 7.92. The Morgan fingerprint density at radius 1 is 0.880 bits per heavy atom. The SMILES string of the molecule is CCC(C)S(=O)(=O)C1CC2CC1C1(F)C(F)(F)C(F)(F)C(F)(F)C21F. The number of sulfone groups is 1. The van der Waals surface area contributed by atoms with Gasteiger partial charge in [-0.1, -0.05) is 6.92 Å². The van der Waals surface area contributed by atoms with Crippen molar-refractivity contribution in [2.24, 2.45) is 11.8 Å². The van der Waals surface area contributed by atoms with Gasteiger partial charge in [-0.05, 0) is 26.2 Å². The predicted molar refractivity (Wildman–Crippen MR) is 71.2 cm³/mol. The summed E-state index contributed by atoms with van der Waals surface area (Å²) in [6.07, 6.45) is -1.78. The van der Waals surface area contributed by atoms with E-state index in [1.807, 2.05) is 0 Å². The van der Waals surface area contributed by atoms with E-state index in [9.17, 15) is 39.2 Å². The molecule has 6 unspecified atom stereocenters. The average molecular weight is 400 g/mol. The van der Waals surface area contributed by atoms with Crippen molar-refractivity contribution in [1.29, 1.82) is 0 Å². The maximum Gasteiger partial charge on any atom is 0.378 e. The van der Waals surface area contributed by atoms with Crippen molar-refractivity contribution in [1.82, 2.24) is 0 Å². The Labute approximate surface area is 138 Å². The van der Waals surface area contributed by atoms with Gasteiger partial charge in [-0.2, -0.15) is 26.3 Å². The van der Waals surface area contributed by atoms with Gasteiger partial charge in [0, 0.05) is 11.8 Å². The van der Waals surface area contributed by atoms with Crippen molar-refractivity contribution in [2.45, 2.75) is 72.7 Å². The number of alkyl halides is 8. The fourth-order valence-corrected chi connectivity index (χ4v) is 7.12. The Kier molecular flexibility index (Phi) is 3.54. The van der Waals surface area contributed by atoms with E-state index < -0.39 is 74.1 Å². The minimum absolute atomic E-state index is 0.0268. The van der Waals surface area contributed by atoms with Gasteiger partial charge in [-0.15, -0.1) is 0 Å². The summed E-state index contributed by atoms with van der Waals surface area (Å²) in [5.41, 5.74) is -9.75. The second kappa shape index (κ2) is 4.62. The second-order valence-corrected chi connectivity index (χ2v) is 9.86. The lowest BCUT2D eigenvalue weighted by atomic mass is 9.74. The zero-order valence-electron chi connectivity index (χ0n) is 13.2. The van der Waals surface area contributed by atoms with Crippen LogP contribution in [-0.2, 0) is 9.84 Å². The highest BCUT2D eigenvalue weighted by atomic mass is 32.2. The Hall–Kier alpha value is -0.610. The van der Waals surface area contributed by atoms with Crippen molar-refractivity contribution in [3.05, 3.63) is 0 Å². The lowest BCUT2D eigenvalue weighted by molar-refractivity contribution is -0.297. The van der Waals surface area contributed by atoms with Crippen molar-refractivity contribution in [2.75, 3.05) is 0 Å². The fourth-order valence-electron chi connectivity index (χ4n) is 4.80. The van der Waals surface area contributed by atoms with Crippen molar-refractivity contribution in [3.8, 4) is 0 Å². The first kappa shape index (κ1) is 19.2. The van der Waals surface area contributed by atoms with E-state index >= 15 is 4.39 Å². The van der Waals surface area contributed by atoms with Gasteiger partial charge in [0.1, 0.15) is 0 Å². The summed E-state index contributed by atoms with van der Waals surface area (Å²) in [6.45, 7) is 2.66. The highest BCUT2D eigenvalue weighted by Gasteiger charge is 3.04. The molecule has 0 aromatic heterocycles. The van der Waals surface area contributed by atoms with Gasteiger partial charge in [0.05, 0.1) is 10.5 Å². The van der Waals surface area contributed by atoms with Gasteiger partial charge >= 0.3 is 17.8 Å². The molecule has 2 nitrogen and oxygen atoms in total. The Morgan fingerprint density at radius 2 is 1.36 bits per heavy atom. The lowest BCUT2D eigenvalue weighted by Crippen LogP contribution is -2.64. The van der Waals surface area contributed by atoms with Gasteiger partial charge < -0.3 is 0 Å². The van der Waals surface area contributed by atoms with E-state index in [2.05, 4.69) is 0 Å². The van der Waals surface area contributed by atoms with E-state index in [1.54, 1.807) is 0 Å². The van der Waals surface area contributed by atoms with E-state index in [0.717, 1.165) is 0 Å². The Morgan fingerprint density at radius 3 is 1.84 bits per heavy atom. The van der Waals surface area contributed by atoms with Crippen LogP contribution in [0.3, 0.4) is 0 Å². The van der Waals surface area contributed by atoms with E-state index in [-0.39, 0.29) is 6.42 Å². The average Bonchev–Trinajstić information content (AvgIpc) is 3.06. The first-order valence-corrected chi connectivity index (χ1v) is 9.41. The molecule has 25 heavy (non-hydrogen) atoms. The van der Waals surface area contributed by atoms with Crippen LogP contribution in [0.5, 0.6) is 0 Å². The van der Waals surface area contributed by atoms with Crippen molar-refractivity contribution in [3.63, 3.8) is 0 Å². The minimum atomic E-state index is -6.25. The molecule has 11 heteroatoms. The van der Waals surface area contributed by atoms with Gasteiger partial charge in [0.2, 0.25) is 11.3 Å². The van der Waals surface area contributed by atoms with Crippen LogP contribution in [0.2, 0.25) is 0 Å². The quantitative estimate of drug-likeness (QED) is 0.673. The fraction of sp³-hybridized carbons (Fsp3) is 1.00. The summed E-state index contributed by atoms with van der Waals surface area (Å²) >= 11 is 0. The number of halogens is 8. The number of hydrogen-bond acceptors (Lipinski definition) is 2. The molecule has 3 aliphatic rings. The zero-order valence-corrected chi connectivity index (χ0v) is 14.0. The molecule has 3 fully saturated rings. The Balaban J connectivity index is 2.19. The maximum absolute atomic E-state index is 15.1. The molecule has 0 amide bonds. The largest absolute Gasteiger partial charge is 0.378 e. The van der Waals surface area contributed by atoms with Crippen LogP contribution >= 0.6 is 0 Å². The molecular weight excluding hydrogens is 384 g/mol. The third-order valence-corrected chi connectivity index (χ3v) is 9.19. The molecule has 146 valence electrons. The van der Waals surface area contributed by atoms with Crippen LogP contribution in [-0.4, -0.2) is 48.0 Å². The molecule has 0 radical (unpaired) electrons. The third kappa shape index (κ3) is 1.58. The van der Waals surface area contributed by atoms with Gasteiger partial charge in [0.15, 0.2) is 9.84 Å². The van der Waals surface area contributed by atoms with Crippen LogP contribution in [0, 0.1) is 11.8 Å². The van der Waals surface area contributed by atoms with Crippen LogP contribution in [0.1, 0.15) is 33.1 Å². The zero-order chi connectivity index (χ0) is 19.4. The van der Waals surface area contributed by atoms with Crippen molar-refractivity contribution >= 4 is 9.84 Å². The first-order chi connectivity index (χ1) is 11.1. The predicted octanol–water partition coefficient (Wildman–Crippen LogP) is 3.94. The Bertz CT molecular complexity index is 708. The summed E-state index contributed by atoms with van der Waals surface area (Å²) in [5.74, 6) is -22.9. The molecule has 6 atom stereocenters. The van der Waals surface area contributed by atoms with Gasteiger partial charge in [-0.25, -0.2) is 17.2 Å². The molecule has 0 saturated heterocycles. The molecule has 0 N–H and O–H groups in total. The number of rotatable bonds is 3. The number of fused-ring (bicyclic) bond motifs is 5. The molecule has 0 spiro atoms. The van der Waals surface area contributed by atoms with E-state index in [0.29, 0.717) is 0 Å². The molecule has 0 heterocycles. The first-order valence-electron chi connectivity index (χ1n) is 7.80. The van der Waals surface area contributed by atoms with Crippen LogP contribution in [0.4, 0.5) is 35.1 Å². The molecule has 2 bridgehead atoms. The third-order valence-electron chi connectivity index (χ3n) is 6.37. The van der Waals surface area contributed by atoms with Crippen LogP contribution in [0.25, 0.3) is 0 Å². The van der Waals surface area contributed by atoms with Crippen molar-refractivity contribution < 1.29 is 43.5 Å². The lowest BCUT2D eigenvalue weighted by Gasteiger charge is -2.43. The molecule has 3 aliphatic carbocycles. The maximum atomic E-state index is 15.1. The van der Waals surface area contributed by atoms with Gasteiger partial charge in [0.25, 0.3) is 0 Å². The molecule has 0 aromatic rings. The summed E-state index contributed by atoms with van der Waals surface area (Å²) < 4.78 is 138. The molecule has 3 saturated carbocycles. The summed E-state index contributed by atoms with van der Waals surface area (Å²) in [4.78, 5) is 0. The summed E-state index contributed by atoms with van der Waals surface area (Å²) in [6, 6.07) is 0. The molecule has 0 aromatic carbocycles. The second-order valence-electron chi connectivity index (χ2n) is 7.27. The molecular formula is C14H16F8O2S. The number of hydrogen-bond donors (Lipinski definition) is 0. The standard InChI is InChI=1S/C14H16F8O2S/c1-3-6(2)25(23,24)9-5-7-4-8(9)11(16)10(7,15)12(17,18)14(21,22)13(11,19)20/h6-9H,3-5H2,1-2H3. The minimum Gasteiger partial charge on any atom is -0.233 e. The monoisotopic (exact) mass is 400 g/mol. The highest BCUT2D eigenvalue weighted by Crippen LogP contribution is 2.79. The molecule has 0 aliphatic heterocycles. The van der Waals surface area contributed by atoms with Crippen LogP contribution in [0.15, 0.2) is 0 Å². The van der Waals surface area contributed by atoms with E-state index in [4.69, 9.17) is 0 Å². The summed E-state index contributed by atoms with van der Waals surface area (Å²) in [7, 11) is -4.28. The molecule has 3 rings (SSSR count). The smallest absolute Gasteiger partial charge is 0.233 e. The van der Waals surface area contributed by atoms with E-state index in [1.165, 1.54) is 13.8 Å². The van der Waals surface area contributed by atoms with Crippen LogP contribution < -0.4 is 0 Å². The summed E-state index contributed by atoms with van der Waals surface area (Å²) in [5, 5.41) is -3.01. The topological polar surface area (TPSA) is 34.1 Å². The normalized spacial score (nSPS) is 47.7.